The number of rotatable bonds is 69. The molecule has 5 atom stereocenters. The second-order valence-electron chi connectivity index (χ2n) is 25.4. The molecule has 0 saturated carbocycles. The number of hydrogen-bond donors (Lipinski definition) is 3. The Kier molecular flexibility index (Phi) is 63.2. The van der Waals surface area contributed by atoms with Gasteiger partial charge in [-0.3, -0.25) is 37.3 Å². The first-order valence-corrected chi connectivity index (χ1v) is 39.8. The van der Waals surface area contributed by atoms with Crippen LogP contribution in [0.4, 0.5) is 0 Å². The van der Waals surface area contributed by atoms with Crippen LogP contribution in [-0.4, -0.2) is 96.7 Å². The molecule has 0 bridgehead atoms. The summed E-state index contributed by atoms with van der Waals surface area (Å²) in [7, 11) is -9.93. The number of ether oxygens (including phenoxy) is 4. The highest BCUT2D eigenvalue weighted by atomic mass is 31.2. The van der Waals surface area contributed by atoms with Crippen molar-refractivity contribution in [2.75, 3.05) is 39.6 Å². The fourth-order valence-corrected chi connectivity index (χ4v) is 11.7. The van der Waals surface area contributed by atoms with E-state index in [4.69, 9.17) is 37.0 Å². The van der Waals surface area contributed by atoms with E-state index in [1.54, 1.807) is 0 Å². The van der Waals surface area contributed by atoms with E-state index < -0.39 is 97.5 Å². The lowest BCUT2D eigenvalue weighted by Gasteiger charge is -2.21. The summed E-state index contributed by atoms with van der Waals surface area (Å²) in [5.41, 5.74) is 0. The van der Waals surface area contributed by atoms with Crippen molar-refractivity contribution in [3.63, 3.8) is 0 Å². The Bertz CT molecular complexity index is 1960. The number of phosphoric acid groups is 2. The number of allylic oxidation sites excluding steroid dienone is 8. The molecule has 538 valence electrons. The zero-order valence-corrected chi connectivity index (χ0v) is 60.4. The van der Waals surface area contributed by atoms with Crippen molar-refractivity contribution in [1.82, 2.24) is 0 Å². The largest absolute Gasteiger partial charge is 0.472 e. The minimum absolute atomic E-state index is 0.0781. The van der Waals surface area contributed by atoms with E-state index in [2.05, 4.69) is 83.2 Å². The molecule has 0 aliphatic rings. The van der Waals surface area contributed by atoms with E-state index in [-0.39, 0.29) is 25.7 Å². The molecule has 0 aromatic carbocycles. The normalized spacial score (nSPS) is 14.4. The molecule has 0 aliphatic carbocycles. The van der Waals surface area contributed by atoms with Crippen LogP contribution in [0.3, 0.4) is 0 Å². The maximum atomic E-state index is 13.0. The van der Waals surface area contributed by atoms with Crippen molar-refractivity contribution < 1.29 is 80.2 Å². The highest BCUT2D eigenvalue weighted by molar-refractivity contribution is 7.47. The van der Waals surface area contributed by atoms with Gasteiger partial charge in [0, 0.05) is 25.7 Å². The third kappa shape index (κ3) is 65.7. The second-order valence-corrected chi connectivity index (χ2v) is 28.3. The summed E-state index contributed by atoms with van der Waals surface area (Å²) in [4.78, 5) is 72.6. The number of unbranched alkanes of at least 4 members (excludes halogenated alkanes) is 35. The van der Waals surface area contributed by atoms with Crippen LogP contribution in [0.1, 0.15) is 330 Å². The lowest BCUT2D eigenvalue weighted by molar-refractivity contribution is -0.161. The summed E-state index contributed by atoms with van der Waals surface area (Å²) in [6, 6.07) is 0. The van der Waals surface area contributed by atoms with E-state index in [1.165, 1.54) is 116 Å². The van der Waals surface area contributed by atoms with Gasteiger partial charge in [0.25, 0.3) is 0 Å². The molecule has 3 N–H and O–H groups in total. The van der Waals surface area contributed by atoms with E-state index in [1.807, 2.05) is 0 Å². The van der Waals surface area contributed by atoms with Gasteiger partial charge in [-0.15, -0.1) is 0 Å². The quantitative estimate of drug-likeness (QED) is 0.0169. The van der Waals surface area contributed by atoms with Crippen LogP contribution in [0.25, 0.3) is 0 Å². The Morgan fingerprint density at radius 3 is 0.891 bits per heavy atom. The van der Waals surface area contributed by atoms with Crippen molar-refractivity contribution in [2.24, 2.45) is 5.92 Å². The molecule has 17 nitrogen and oxygen atoms in total. The molecule has 0 amide bonds. The number of aliphatic hydroxyl groups excluding tert-OH is 1. The van der Waals surface area contributed by atoms with Crippen molar-refractivity contribution in [2.45, 2.75) is 348 Å². The van der Waals surface area contributed by atoms with Crippen LogP contribution < -0.4 is 0 Å². The number of phosphoric ester groups is 2. The summed E-state index contributed by atoms with van der Waals surface area (Å²) < 4.78 is 68.3. The lowest BCUT2D eigenvalue weighted by atomic mass is 10.0. The van der Waals surface area contributed by atoms with E-state index >= 15 is 0 Å². The minimum Gasteiger partial charge on any atom is -0.462 e. The summed E-state index contributed by atoms with van der Waals surface area (Å²) in [6.07, 6.45) is 58.5. The number of hydrogen-bond acceptors (Lipinski definition) is 15. The molecule has 92 heavy (non-hydrogen) atoms. The van der Waals surface area contributed by atoms with Crippen molar-refractivity contribution in [3.05, 3.63) is 48.6 Å². The van der Waals surface area contributed by atoms with Crippen LogP contribution in [0, 0.1) is 5.92 Å². The molecule has 0 rings (SSSR count). The average Bonchev–Trinajstić information content (AvgIpc) is 1.83. The van der Waals surface area contributed by atoms with Crippen LogP contribution in [0.2, 0.25) is 0 Å². The Balaban J connectivity index is 5.32. The van der Waals surface area contributed by atoms with E-state index in [0.717, 1.165) is 128 Å². The molecule has 0 aromatic heterocycles. The molecule has 19 heteroatoms. The smallest absolute Gasteiger partial charge is 0.462 e. The van der Waals surface area contributed by atoms with Gasteiger partial charge in [-0.25, -0.2) is 9.13 Å². The van der Waals surface area contributed by atoms with Crippen molar-refractivity contribution >= 4 is 39.5 Å². The van der Waals surface area contributed by atoms with Gasteiger partial charge in [0.05, 0.1) is 26.4 Å². The summed E-state index contributed by atoms with van der Waals surface area (Å²) in [5.74, 6) is -1.48. The highest BCUT2D eigenvalue weighted by Crippen LogP contribution is 2.45. The third-order valence-corrected chi connectivity index (χ3v) is 17.7. The zero-order chi connectivity index (χ0) is 67.7. The van der Waals surface area contributed by atoms with Crippen LogP contribution in [0.15, 0.2) is 48.6 Å². The third-order valence-electron chi connectivity index (χ3n) is 15.8. The SMILES string of the molecule is CCCCCC/C=C\C=C/CCCCCCCC(=O)OC[C@H](COP(=O)(O)OC[C@@H](O)COP(=O)(O)OC[C@@H](COC(=O)CCCCCCCCCC(C)C)OC(=O)CCCCCCCCCCCCCC)OC(=O)CCCCCCC/C=C\C=C/CCCCCC. The minimum atomic E-state index is -4.97. The molecule has 2 unspecified atom stereocenters. The molecule has 0 saturated heterocycles. The average molecular weight is 1350 g/mol. The van der Waals surface area contributed by atoms with Gasteiger partial charge in [0.15, 0.2) is 12.2 Å². The van der Waals surface area contributed by atoms with Crippen LogP contribution in [-0.2, 0) is 65.4 Å². The van der Waals surface area contributed by atoms with Gasteiger partial charge in [-0.1, -0.05) is 276 Å². The summed E-state index contributed by atoms with van der Waals surface area (Å²) in [6.45, 7) is 7.07. The predicted molar refractivity (Wildman–Crippen MR) is 372 cm³/mol. The Morgan fingerprint density at radius 2 is 0.587 bits per heavy atom. The maximum Gasteiger partial charge on any atom is 0.472 e. The Labute approximate surface area is 559 Å². The predicted octanol–water partition coefficient (Wildman–Crippen LogP) is 20.4. The van der Waals surface area contributed by atoms with Crippen molar-refractivity contribution in [3.8, 4) is 0 Å². The lowest BCUT2D eigenvalue weighted by Crippen LogP contribution is -2.30. The number of carbonyl (C=O) groups excluding carboxylic acids is 4. The first-order valence-electron chi connectivity index (χ1n) is 36.8. The van der Waals surface area contributed by atoms with Crippen molar-refractivity contribution in [1.29, 1.82) is 0 Å². The standard InChI is InChI=1S/C73H134O17P2/c1-6-9-12-15-18-21-24-27-29-31-34-36-41-46-51-56-70(75)83-62-68(89-73(78)59-54-49-43-38-35-32-30-28-25-22-19-16-13-10-7-2)64-87-91(79,80)85-60-67(74)61-86-92(81,82)88-65-69(63-84-71(76)57-52-47-44-39-40-45-50-55-66(4)5)90-72(77)58-53-48-42-37-33-26-23-20-17-14-11-8-3/h21-22,24-25,27-30,66-69,74H,6-20,23,26,31-65H2,1-5H3,(H,79,80)(H,81,82)/b24-21-,25-22-,29-27-,30-28-/t67-,68-,69-/m1/s1. The Morgan fingerprint density at radius 1 is 0.337 bits per heavy atom. The van der Waals surface area contributed by atoms with E-state index in [9.17, 15) is 43.2 Å². The molecule has 0 spiro atoms. The fourth-order valence-electron chi connectivity index (χ4n) is 10.1. The van der Waals surface area contributed by atoms with Gasteiger partial charge in [0.2, 0.25) is 0 Å². The molecule has 0 fully saturated rings. The van der Waals surface area contributed by atoms with Gasteiger partial charge in [-0.2, -0.15) is 0 Å². The van der Waals surface area contributed by atoms with Gasteiger partial charge in [0.1, 0.15) is 19.3 Å². The molecular formula is C73H134O17P2. The second kappa shape index (κ2) is 65.3. The van der Waals surface area contributed by atoms with Crippen LogP contribution >= 0.6 is 15.6 Å². The molecule has 0 heterocycles. The topological polar surface area (TPSA) is 237 Å². The maximum absolute atomic E-state index is 13.0. The molecule has 0 radical (unpaired) electrons. The van der Waals surface area contributed by atoms with Gasteiger partial charge in [-0.05, 0) is 83.0 Å². The molecule has 0 aliphatic heterocycles. The summed E-state index contributed by atoms with van der Waals surface area (Å²) >= 11 is 0. The number of esters is 4. The zero-order valence-electron chi connectivity index (χ0n) is 58.6. The summed E-state index contributed by atoms with van der Waals surface area (Å²) in [5, 5.41) is 10.6. The monoisotopic (exact) mass is 1340 g/mol. The highest BCUT2D eigenvalue weighted by Gasteiger charge is 2.30. The fraction of sp³-hybridized carbons (Fsp3) is 0.836. The van der Waals surface area contributed by atoms with E-state index in [0.29, 0.717) is 31.6 Å². The van der Waals surface area contributed by atoms with Gasteiger partial charge >= 0.3 is 39.5 Å². The van der Waals surface area contributed by atoms with Crippen LogP contribution in [0.5, 0.6) is 0 Å². The first kappa shape index (κ1) is 89.0. The van der Waals surface area contributed by atoms with Gasteiger partial charge < -0.3 is 33.8 Å². The Hall–Kier alpha value is -2.98. The molecule has 0 aromatic rings. The first-order chi connectivity index (χ1) is 44.5. The number of aliphatic hydroxyl groups is 1. The molecular weight excluding hydrogens is 1210 g/mol. The number of carbonyl (C=O) groups is 4.